The first kappa shape index (κ1) is 17.9. The van der Waals surface area contributed by atoms with Crippen molar-refractivity contribution in [3.05, 3.63) is 47.1 Å². The molecule has 1 rings (SSSR count). The van der Waals surface area contributed by atoms with Gasteiger partial charge in [-0.3, -0.25) is 0 Å². The van der Waals surface area contributed by atoms with Crippen LogP contribution in [0.5, 0.6) is 0 Å². The van der Waals surface area contributed by atoms with Crippen LogP contribution in [0, 0.1) is 5.92 Å². The Morgan fingerprint density at radius 1 is 1.29 bits per heavy atom. The van der Waals surface area contributed by atoms with Crippen molar-refractivity contribution in [2.24, 2.45) is 5.92 Å². The summed E-state index contributed by atoms with van der Waals surface area (Å²) in [5.41, 5.74) is 3.02. The molecule has 0 spiro atoms. The van der Waals surface area contributed by atoms with Gasteiger partial charge in [0.2, 0.25) is 0 Å². The summed E-state index contributed by atoms with van der Waals surface area (Å²) in [5.74, 6) is 0.134. The van der Waals surface area contributed by atoms with E-state index in [9.17, 15) is 10.2 Å². The largest absolute Gasteiger partial charge is 0.396 e. The summed E-state index contributed by atoms with van der Waals surface area (Å²) in [4.78, 5) is 0. The number of aliphatic hydroxyl groups excluding tert-OH is 1. The maximum absolute atomic E-state index is 10.3. The zero-order valence-corrected chi connectivity index (χ0v) is 13.9. The van der Waals surface area contributed by atoms with Crippen LogP contribution >= 0.6 is 0 Å². The topological polar surface area (TPSA) is 40.5 Å². The molecule has 0 saturated heterocycles. The Balaban J connectivity index is 3.07. The molecule has 0 aromatic heterocycles. The van der Waals surface area contributed by atoms with Crippen LogP contribution in [0.4, 0.5) is 0 Å². The highest BCUT2D eigenvalue weighted by Crippen LogP contribution is 2.35. The molecule has 0 aliphatic heterocycles. The second kappa shape index (κ2) is 8.35. The maximum Gasteiger partial charge on any atom is 0.0657 e. The number of allylic oxidation sites excluding steroid dienone is 6. The van der Waals surface area contributed by atoms with Gasteiger partial charge in [-0.2, -0.15) is 0 Å². The van der Waals surface area contributed by atoms with E-state index in [1.165, 1.54) is 16.7 Å². The number of hydrogen-bond donors (Lipinski definition) is 2. The molecule has 1 aliphatic rings. The highest BCUT2D eigenvalue weighted by Gasteiger charge is 2.27. The molecular weight excluding hydrogens is 260 g/mol. The Hall–Kier alpha value is -1.12. The number of hydrogen-bond acceptors (Lipinski definition) is 2. The first-order chi connectivity index (χ1) is 9.93. The minimum atomic E-state index is -0.709. The number of rotatable bonds is 7. The van der Waals surface area contributed by atoms with E-state index in [2.05, 4.69) is 38.2 Å². The van der Waals surface area contributed by atoms with Crippen molar-refractivity contribution in [3.8, 4) is 0 Å². The van der Waals surface area contributed by atoms with Crippen molar-refractivity contribution in [1.29, 1.82) is 0 Å². The van der Waals surface area contributed by atoms with Crippen molar-refractivity contribution in [2.75, 3.05) is 6.61 Å². The van der Waals surface area contributed by atoms with Gasteiger partial charge in [0.1, 0.15) is 0 Å². The van der Waals surface area contributed by atoms with Crippen molar-refractivity contribution < 1.29 is 10.2 Å². The molecule has 0 aromatic carbocycles. The second-order valence-corrected chi connectivity index (χ2v) is 6.18. The van der Waals surface area contributed by atoms with E-state index in [0.717, 1.165) is 19.3 Å². The van der Waals surface area contributed by atoms with E-state index in [4.69, 9.17) is 0 Å². The van der Waals surface area contributed by atoms with Gasteiger partial charge in [0, 0.05) is 12.5 Å². The summed E-state index contributed by atoms with van der Waals surface area (Å²) in [5, 5.41) is 19.6. The van der Waals surface area contributed by atoms with Gasteiger partial charge in [0.15, 0.2) is 0 Å². The summed E-state index contributed by atoms with van der Waals surface area (Å²) >= 11 is 0. The molecule has 2 heteroatoms. The Morgan fingerprint density at radius 2 is 1.95 bits per heavy atom. The predicted octanol–water partition coefficient (Wildman–Crippen LogP) is 4.32. The summed E-state index contributed by atoms with van der Waals surface area (Å²) in [6.45, 7) is 8.16. The van der Waals surface area contributed by atoms with Crippen molar-refractivity contribution in [2.45, 2.75) is 59.0 Å². The third kappa shape index (κ3) is 5.29. The Kier molecular flexibility index (Phi) is 7.13. The van der Waals surface area contributed by atoms with Crippen LogP contribution < -0.4 is 0 Å². The van der Waals surface area contributed by atoms with Gasteiger partial charge in [-0.05, 0) is 56.3 Å². The molecule has 1 atom stereocenters. The Morgan fingerprint density at radius 3 is 2.48 bits per heavy atom. The van der Waals surface area contributed by atoms with Gasteiger partial charge in [0.25, 0.3) is 0 Å². The zero-order chi connectivity index (χ0) is 15.9. The van der Waals surface area contributed by atoms with Crippen LogP contribution in [-0.4, -0.2) is 22.4 Å². The van der Waals surface area contributed by atoms with Gasteiger partial charge in [-0.25, -0.2) is 0 Å². The molecule has 21 heavy (non-hydrogen) atoms. The lowest BCUT2D eigenvalue weighted by molar-refractivity contribution is 0.0368. The average molecular weight is 290 g/mol. The molecule has 0 aromatic rings. The monoisotopic (exact) mass is 290 g/mol. The van der Waals surface area contributed by atoms with Gasteiger partial charge >= 0.3 is 0 Å². The summed E-state index contributed by atoms with van der Waals surface area (Å²) < 4.78 is 0. The molecule has 0 heterocycles. The normalized spacial score (nSPS) is 20.7. The summed E-state index contributed by atoms with van der Waals surface area (Å²) in [6.07, 6.45) is 14.2. The molecule has 2 nitrogen and oxygen atoms in total. The number of aliphatic hydroxyl groups is 2. The smallest absolute Gasteiger partial charge is 0.0657 e. The minimum Gasteiger partial charge on any atom is -0.396 e. The van der Waals surface area contributed by atoms with E-state index >= 15 is 0 Å². The minimum absolute atomic E-state index is 0.134. The molecule has 1 unspecified atom stereocenters. The quantitative estimate of drug-likeness (QED) is 0.686. The maximum atomic E-state index is 10.3. The average Bonchev–Trinajstić information content (AvgIpc) is 2.44. The first-order valence-corrected chi connectivity index (χ1v) is 8.04. The Labute approximate surface area is 129 Å². The van der Waals surface area contributed by atoms with E-state index in [-0.39, 0.29) is 12.5 Å². The Bertz CT molecular complexity index is 445. The van der Waals surface area contributed by atoms with Crippen LogP contribution in [0.2, 0.25) is 0 Å². The third-order valence-electron chi connectivity index (χ3n) is 3.92. The SMILES string of the molecule is CC/C=C(CCO)/C(=C\CC)C1=CC=CC(C(C)(C)O)C1. The lowest BCUT2D eigenvalue weighted by atomic mass is 9.79. The van der Waals surface area contributed by atoms with Crippen molar-refractivity contribution >= 4 is 0 Å². The van der Waals surface area contributed by atoms with Gasteiger partial charge < -0.3 is 10.2 Å². The van der Waals surface area contributed by atoms with Crippen LogP contribution in [-0.2, 0) is 0 Å². The lowest BCUT2D eigenvalue weighted by Gasteiger charge is -2.30. The van der Waals surface area contributed by atoms with E-state index < -0.39 is 5.60 Å². The molecule has 118 valence electrons. The summed E-state index contributed by atoms with van der Waals surface area (Å²) in [6, 6.07) is 0. The molecule has 2 N–H and O–H groups in total. The van der Waals surface area contributed by atoms with Gasteiger partial charge in [-0.1, -0.05) is 44.2 Å². The predicted molar refractivity (Wildman–Crippen MR) is 90.1 cm³/mol. The fourth-order valence-corrected chi connectivity index (χ4v) is 2.75. The second-order valence-electron chi connectivity index (χ2n) is 6.18. The fourth-order valence-electron chi connectivity index (χ4n) is 2.75. The molecule has 1 aliphatic carbocycles. The molecular formula is C19H30O2. The molecule has 0 radical (unpaired) electrons. The highest BCUT2D eigenvalue weighted by atomic mass is 16.3. The summed E-state index contributed by atoms with van der Waals surface area (Å²) in [7, 11) is 0. The van der Waals surface area contributed by atoms with Crippen LogP contribution in [0.3, 0.4) is 0 Å². The molecule has 0 saturated carbocycles. The third-order valence-corrected chi connectivity index (χ3v) is 3.92. The lowest BCUT2D eigenvalue weighted by Crippen LogP contribution is -2.30. The zero-order valence-electron chi connectivity index (χ0n) is 13.9. The van der Waals surface area contributed by atoms with E-state index in [1.807, 2.05) is 19.9 Å². The molecule has 0 bridgehead atoms. The molecule has 0 amide bonds. The van der Waals surface area contributed by atoms with Crippen molar-refractivity contribution in [3.63, 3.8) is 0 Å². The van der Waals surface area contributed by atoms with Crippen LogP contribution in [0.25, 0.3) is 0 Å². The standard InChI is InChI=1S/C19H30O2/c1-5-8-15(12-13-20)18(9-6-2)16-10-7-11-17(14-16)19(3,4)21/h7-11,17,20-21H,5-6,12-14H2,1-4H3/b15-8+,18-9+. The highest BCUT2D eigenvalue weighted by molar-refractivity contribution is 5.49. The van der Waals surface area contributed by atoms with Gasteiger partial charge in [0.05, 0.1) is 5.60 Å². The van der Waals surface area contributed by atoms with E-state index in [1.54, 1.807) is 0 Å². The van der Waals surface area contributed by atoms with Gasteiger partial charge in [-0.15, -0.1) is 0 Å². The molecule has 0 fully saturated rings. The van der Waals surface area contributed by atoms with Crippen molar-refractivity contribution in [1.82, 2.24) is 0 Å². The fraction of sp³-hybridized carbons (Fsp3) is 0.579. The first-order valence-electron chi connectivity index (χ1n) is 8.04. The van der Waals surface area contributed by atoms with Crippen LogP contribution in [0.1, 0.15) is 53.4 Å². The van der Waals surface area contributed by atoms with Crippen LogP contribution in [0.15, 0.2) is 47.1 Å². The van der Waals surface area contributed by atoms with E-state index in [0.29, 0.717) is 6.42 Å².